The molecule has 0 atom stereocenters. The minimum absolute atomic E-state index is 0.166. The maximum Gasteiger partial charge on any atom is 0.248 e. The third-order valence-electron chi connectivity index (χ3n) is 3.89. The monoisotopic (exact) mass is 346 g/mol. The van der Waals surface area contributed by atoms with E-state index in [9.17, 15) is 14.4 Å². The number of hydrogen-bond donors (Lipinski definition) is 4. The molecule has 2 aromatic rings. The van der Waals surface area contributed by atoms with Gasteiger partial charge in [0.05, 0.1) is 11.4 Å². The topological polar surface area (TPSA) is 107 Å². The lowest BCUT2D eigenvalue weighted by atomic mass is 10.2. The van der Waals surface area contributed by atoms with Gasteiger partial charge < -0.3 is 20.6 Å². The van der Waals surface area contributed by atoms with Crippen molar-refractivity contribution < 1.29 is 14.4 Å². The van der Waals surface area contributed by atoms with E-state index < -0.39 is 0 Å². The average molecular weight is 346 g/mol. The molecule has 4 N–H and O–H groups in total. The highest BCUT2D eigenvalue weighted by molar-refractivity contribution is 6.07. The molecule has 0 fully saturated rings. The Morgan fingerprint density at radius 2 is 1.15 bits per heavy atom. The molecular formula is C19H14N4O3. The molecule has 0 spiro atoms. The molecule has 2 aliphatic rings. The molecule has 0 saturated carbocycles. The fourth-order valence-corrected chi connectivity index (χ4v) is 2.69. The Hall–Kier alpha value is -3.87. The smallest absolute Gasteiger partial charge is 0.248 e. The Labute approximate surface area is 148 Å². The van der Waals surface area contributed by atoms with Crippen LogP contribution in [-0.2, 0) is 9.59 Å². The van der Waals surface area contributed by atoms with Gasteiger partial charge in [0.25, 0.3) is 0 Å². The van der Waals surface area contributed by atoms with Crippen molar-refractivity contribution in [1.82, 2.24) is 20.6 Å². The zero-order valence-electron chi connectivity index (χ0n) is 13.5. The molecular weight excluding hydrogens is 332 g/mol. The summed E-state index contributed by atoms with van der Waals surface area (Å²) in [5.74, 6) is -0.517. The van der Waals surface area contributed by atoms with Crippen LogP contribution in [0.25, 0.3) is 12.2 Å². The van der Waals surface area contributed by atoms with Gasteiger partial charge in [0, 0.05) is 34.9 Å². The highest BCUT2D eigenvalue weighted by Gasteiger charge is 2.14. The van der Waals surface area contributed by atoms with Gasteiger partial charge in [0.2, 0.25) is 17.6 Å². The van der Waals surface area contributed by atoms with E-state index in [4.69, 9.17) is 0 Å². The number of rotatable bonds is 4. The number of H-pyrrole nitrogens is 2. The maximum absolute atomic E-state index is 12.6. The van der Waals surface area contributed by atoms with E-state index in [2.05, 4.69) is 20.6 Å². The van der Waals surface area contributed by atoms with E-state index in [-0.39, 0.29) is 17.6 Å². The van der Waals surface area contributed by atoms with Gasteiger partial charge in [0.1, 0.15) is 0 Å². The van der Waals surface area contributed by atoms with Gasteiger partial charge in [-0.15, -0.1) is 0 Å². The molecule has 0 radical (unpaired) electrons. The van der Waals surface area contributed by atoms with Crippen molar-refractivity contribution in [1.29, 1.82) is 0 Å². The summed E-state index contributed by atoms with van der Waals surface area (Å²) >= 11 is 0. The molecule has 4 rings (SSSR count). The molecule has 4 heterocycles. The minimum Gasteiger partial charge on any atom is -0.352 e. The van der Waals surface area contributed by atoms with E-state index in [1.165, 1.54) is 12.2 Å². The van der Waals surface area contributed by atoms with Crippen molar-refractivity contribution in [3.63, 3.8) is 0 Å². The van der Waals surface area contributed by atoms with Crippen molar-refractivity contribution in [3.8, 4) is 0 Å². The summed E-state index contributed by atoms with van der Waals surface area (Å²) in [5.41, 5.74) is 3.61. The normalized spacial score (nSPS) is 18.8. The van der Waals surface area contributed by atoms with E-state index in [1.54, 1.807) is 48.6 Å². The van der Waals surface area contributed by atoms with Crippen LogP contribution in [0.1, 0.15) is 27.6 Å². The number of carbonyl (C=O) groups is 3. The fraction of sp³-hybridized carbons (Fsp3) is 0. The zero-order valence-corrected chi connectivity index (χ0v) is 13.5. The molecule has 2 aliphatic heterocycles. The van der Waals surface area contributed by atoms with Crippen molar-refractivity contribution >= 4 is 29.7 Å². The van der Waals surface area contributed by atoms with Crippen molar-refractivity contribution in [2.24, 2.45) is 0 Å². The van der Waals surface area contributed by atoms with Gasteiger partial charge in [-0.2, -0.15) is 0 Å². The maximum atomic E-state index is 12.6. The van der Waals surface area contributed by atoms with Crippen LogP contribution in [0, 0.1) is 0 Å². The number of allylic oxidation sites excluding steroid dienone is 2. The van der Waals surface area contributed by atoms with E-state index in [1.807, 2.05) is 0 Å². The molecule has 2 amide bonds. The van der Waals surface area contributed by atoms with Crippen LogP contribution in [-0.4, -0.2) is 27.6 Å². The van der Waals surface area contributed by atoms with Crippen LogP contribution in [0.15, 0.2) is 60.0 Å². The number of aromatic nitrogens is 2. The van der Waals surface area contributed by atoms with Crippen LogP contribution in [0.2, 0.25) is 0 Å². The predicted molar refractivity (Wildman–Crippen MR) is 95.5 cm³/mol. The van der Waals surface area contributed by atoms with Gasteiger partial charge in [-0.25, -0.2) is 0 Å². The lowest BCUT2D eigenvalue weighted by Gasteiger charge is -1.97. The Balaban J connectivity index is 1.50. The highest BCUT2D eigenvalue weighted by atomic mass is 16.2. The molecule has 128 valence electrons. The molecule has 2 aromatic heterocycles. The number of aromatic amines is 2. The van der Waals surface area contributed by atoms with Crippen molar-refractivity contribution in [2.45, 2.75) is 0 Å². The molecule has 0 unspecified atom stereocenters. The molecule has 0 saturated heterocycles. The molecule has 0 aliphatic carbocycles. The van der Waals surface area contributed by atoms with Crippen LogP contribution in [0.4, 0.5) is 0 Å². The van der Waals surface area contributed by atoms with Crippen LogP contribution >= 0.6 is 0 Å². The first-order valence-corrected chi connectivity index (χ1v) is 7.91. The summed E-state index contributed by atoms with van der Waals surface area (Å²) in [4.78, 5) is 40.9. The second-order valence-electron chi connectivity index (χ2n) is 5.83. The zero-order chi connectivity index (χ0) is 18.1. The molecule has 26 heavy (non-hydrogen) atoms. The third kappa shape index (κ3) is 3.18. The quantitative estimate of drug-likeness (QED) is 0.632. The lowest BCUT2D eigenvalue weighted by Crippen LogP contribution is -2.12. The second kappa shape index (κ2) is 6.21. The molecule has 7 nitrogen and oxygen atoms in total. The first-order chi connectivity index (χ1) is 12.6. The van der Waals surface area contributed by atoms with Gasteiger partial charge in [-0.3, -0.25) is 14.4 Å². The first-order valence-electron chi connectivity index (χ1n) is 7.91. The van der Waals surface area contributed by atoms with Crippen LogP contribution in [0.5, 0.6) is 0 Å². The van der Waals surface area contributed by atoms with Crippen LogP contribution in [0.3, 0.4) is 0 Å². The number of hydrogen-bond acceptors (Lipinski definition) is 3. The minimum atomic E-state index is -0.184. The third-order valence-corrected chi connectivity index (χ3v) is 3.89. The summed E-state index contributed by atoms with van der Waals surface area (Å²) < 4.78 is 0. The first kappa shape index (κ1) is 15.6. The number of nitrogens with one attached hydrogen (secondary N) is 4. The van der Waals surface area contributed by atoms with Gasteiger partial charge in [-0.05, 0) is 48.6 Å². The van der Waals surface area contributed by atoms with E-state index in [0.29, 0.717) is 34.2 Å². The second-order valence-corrected chi connectivity index (χ2v) is 5.83. The van der Waals surface area contributed by atoms with Gasteiger partial charge in [0.15, 0.2) is 0 Å². The van der Waals surface area contributed by atoms with Crippen LogP contribution < -0.4 is 10.6 Å². The Morgan fingerprint density at radius 3 is 1.54 bits per heavy atom. The highest BCUT2D eigenvalue weighted by Crippen LogP contribution is 2.15. The number of ketones is 1. The summed E-state index contributed by atoms with van der Waals surface area (Å²) in [6.07, 6.45) is 9.72. The fourth-order valence-electron chi connectivity index (χ4n) is 2.69. The van der Waals surface area contributed by atoms with Crippen molar-refractivity contribution in [3.05, 3.63) is 82.7 Å². The predicted octanol–water partition coefficient (Wildman–Crippen LogP) is 1.63. The van der Waals surface area contributed by atoms with E-state index in [0.717, 1.165) is 0 Å². The summed E-state index contributed by atoms with van der Waals surface area (Å²) in [5, 5.41) is 5.34. The largest absolute Gasteiger partial charge is 0.352 e. The molecule has 0 aromatic carbocycles. The summed E-state index contributed by atoms with van der Waals surface area (Å²) in [6, 6.07) is 6.91. The number of carbonyl (C=O) groups excluding carboxylic acids is 3. The Bertz CT molecular complexity index is 964. The van der Waals surface area contributed by atoms with Gasteiger partial charge in [-0.1, -0.05) is 0 Å². The summed E-state index contributed by atoms with van der Waals surface area (Å²) in [6.45, 7) is 0. The molecule has 7 heteroatoms. The summed E-state index contributed by atoms with van der Waals surface area (Å²) in [7, 11) is 0. The standard InChI is InChI=1S/C19H14N4O3/c24-17-7-3-13(22-17)9-11-1-5-15(20-11)19(26)16-6-2-12(21-16)10-14-4-8-18(25)23-14/h1-10,20-21H,(H,22,24)(H,23,25)/b13-9-,14-10-. The van der Waals surface area contributed by atoms with Crippen molar-refractivity contribution in [2.75, 3.05) is 0 Å². The SMILES string of the molecule is O=C1C=C/C(=C/c2ccc(C(=O)c3ccc(/C=C4/C=CC(=O)N4)[nH]3)[nH]2)N1. The lowest BCUT2D eigenvalue weighted by molar-refractivity contribution is -0.116. The Morgan fingerprint density at radius 1 is 0.692 bits per heavy atom. The van der Waals surface area contributed by atoms with Gasteiger partial charge >= 0.3 is 0 Å². The Kier molecular flexibility index (Phi) is 3.74. The van der Waals surface area contributed by atoms with E-state index >= 15 is 0 Å². The number of amides is 2. The average Bonchev–Trinajstić information content (AvgIpc) is 3.38. The molecule has 0 bridgehead atoms.